The number of rotatable bonds is 7. The summed E-state index contributed by atoms with van der Waals surface area (Å²) in [7, 11) is 0. The third kappa shape index (κ3) is 6.90. The van der Waals surface area contributed by atoms with Gasteiger partial charge in [-0.3, -0.25) is 14.4 Å². The summed E-state index contributed by atoms with van der Waals surface area (Å²) in [5.41, 5.74) is 24.1. The van der Waals surface area contributed by atoms with Crippen molar-refractivity contribution in [3.8, 4) is 0 Å². The van der Waals surface area contributed by atoms with Crippen molar-refractivity contribution in [2.45, 2.75) is 143 Å². The molecule has 0 fully saturated rings. The van der Waals surface area contributed by atoms with E-state index in [9.17, 15) is 14.4 Å². The molecule has 2 aromatic carbocycles. The maximum absolute atomic E-state index is 13.3. The minimum Gasteiger partial charge on any atom is -0.455 e. The third-order valence-corrected chi connectivity index (χ3v) is 10.3. The molecule has 2 aromatic rings. The van der Waals surface area contributed by atoms with Gasteiger partial charge in [0.25, 0.3) is 0 Å². The predicted octanol–water partition coefficient (Wildman–Crippen LogP) is 9.46. The van der Waals surface area contributed by atoms with Crippen molar-refractivity contribution in [2.24, 2.45) is 0 Å². The Hall–Kier alpha value is -3.89. The van der Waals surface area contributed by atoms with Crippen LogP contribution in [0.15, 0.2) is 11.1 Å². The Labute approximate surface area is 284 Å². The highest BCUT2D eigenvalue weighted by Gasteiger charge is 2.38. The number of Topliss-reactive ketones (excluding diaryl/α,β-unsaturated/α-hetero) is 2. The van der Waals surface area contributed by atoms with Gasteiger partial charge in [-0.05, 0) is 155 Å². The van der Waals surface area contributed by atoms with Crippen LogP contribution in [0.1, 0.15) is 137 Å². The number of carbonyl (C=O) groups is 3. The minimum absolute atomic E-state index is 0. The zero-order valence-electron chi connectivity index (χ0n) is 28.6. The summed E-state index contributed by atoms with van der Waals surface area (Å²) in [5.74, 6) is -0.199. The van der Waals surface area contributed by atoms with Crippen LogP contribution in [0.2, 0.25) is 0 Å². The first-order chi connectivity index (χ1) is 20.5. The SMILES string of the molecule is C.C.C.CC(=O)OC(C)(C)C1=C(C)C(=O)Cc2c(C)c(CCCc3c(C)c(C)c4c(c3C)CC(=O)C(C)=C4C(C)=[N+]=N)c(C)c(C)c21. The second-order valence-corrected chi connectivity index (χ2v) is 13.3. The Morgan fingerprint density at radius 2 is 1.13 bits per heavy atom. The lowest BCUT2D eigenvalue weighted by atomic mass is 9.72. The Morgan fingerprint density at radius 3 is 1.57 bits per heavy atom. The molecule has 1 N–H and O–H groups in total. The first kappa shape index (κ1) is 41.1. The molecule has 256 valence electrons. The first-order valence-corrected chi connectivity index (χ1v) is 15.6. The van der Waals surface area contributed by atoms with Gasteiger partial charge in [0.2, 0.25) is 0 Å². The van der Waals surface area contributed by atoms with E-state index in [1.54, 1.807) is 0 Å². The van der Waals surface area contributed by atoms with Crippen LogP contribution in [0.3, 0.4) is 0 Å². The molecule has 0 amide bonds. The zero-order chi connectivity index (χ0) is 33.0. The zero-order valence-corrected chi connectivity index (χ0v) is 28.6. The average Bonchev–Trinajstić information content (AvgIpc) is 2.94. The van der Waals surface area contributed by atoms with Gasteiger partial charge in [-0.15, -0.1) is 0 Å². The van der Waals surface area contributed by atoms with Gasteiger partial charge >= 0.3 is 11.7 Å². The number of nitrogens with one attached hydrogen (secondary N) is 1. The molecule has 0 bridgehead atoms. The number of carbonyl (C=O) groups excluding carboxylic acids is 3. The van der Waals surface area contributed by atoms with Gasteiger partial charge in [0.15, 0.2) is 11.6 Å². The highest BCUT2D eigenvalue weighted by molar-refractivity contribution is 6.28. The standard InChI is InChI=1S/C38H47N2O4.3CH4/c1-18-20(3)35-30(16-32(42)24(7)34(35)26(9)40-39)22(5)28(18)14-13-15-29-19(2)21(4)36-31(23(29)6)17-33(43)25(8)37(36)38(11,12)44-27(10)41;;;/h39H,13-17H2,1-12H3;3*1H4/q+1;;;. The van der Waals surface area contributed by atoms with Crippen LogP contribution in [-0.2, 0) is 44.8 Å². The van der Waals surface area contributed by atoms with Gasteiger partial charge in [0, 0.05) is 43.4 Å². The molecule has 0 unspecified atom stereocenters. The highest BCUT2D eigenvalue weighted by atomic mass is 16.6. The summed E-state index contributed by atoms with van der Waals surface area (Å²) >= 11 is 0. The van der Waals surface area contributed by atoms with Crippen molar-refractivity contribution in [2.75, 3.05) is 0 Å². The summed E-state index contributed by atoms with van der Waals surface area (Å²) in [6.07, 6.45) is 3.41. The van der Waals surface area contributed by atoms with E-state index in [4.69, 9.17) is 10.3 Å². The predicted molar refractivity (Wildman–Crippen MR) is 196 cm³/mol. The molecule has 0 atom stereocenters. The minimum atomic E-state index is -0.925. The van der Waals surface area contributed by atoms with Crippen molar-refractivity contribution in [1.29, 1.82) is 5.53 Å². The van der Waals surface area contributed by atoms with Crippen LogP contribution in [0.4, 0.5) is 0 Å². The summed E-state index contributed by atoms with van der Waals surface area (Å²) in [5, 5.41) is 0. The van der Waals surface area contributed by atoms with Crippen LogP contribution < -0.4 is 0 Å². The number of benzene rings is 2. The Morgan fingerprint density at radius 1 is 0.702 bits per heavy atom. The quantitative estimate of drug-likeness (QED) is 0.141. The van der Waals surface area contributed by atoms with Crippen molar-refractivity contribution in [1.82, 2.24) is 0 Å². The molecular formula is C41H59N2O4+. The molecule has 4 rings (SSSR count). The van der Waals surface area contributed by atoms with Gasteiger partial charge in [0.1, 0.15) is 5.60 Å². The number of esters is 1. The normalized spacial score (nSPS) is 14.0. The molecule has 0 saturated heterocycles. The Balaban J connectivity index is 0.00000368. The van der Waals surface area contributed by atoms with Gasteiger partial charge in [0.05, 0.1) is 15.9 Å². The second-order valence-electron chi connectivity index (χ2n) is 13.3. The molecule has 0 aliphatic heterocycles. The second kappa shape index (κ2) is 14.9. The van der Waals surface area contributed by atoms with Crippen LogP contribution in [0.25, 0.3) is 11.1 Å². The van der Waals surface area contributed by atoms with Crippen molar-refractivity contribution in [3.05, 3.63) is 77.9 Å². The van der Waals surface area contributed by atoms with E-state index in [2.05, 4.69) is 46.3 Å². The number of hydrogen-bond donors (Lipinski definition) is 1. The number of ether oxygens (including phenoxy) is 1. The van der Waals surface area contributed by atoms with E-state index in [0.29, 0.717) is 29.7 Å². The Kier molecular flexibility index (Phi) is 13.0. The number of nitrogens with zero attached hydrogens (tertiary/aromatic N) is 1. The van der Waals surface area contributed by atoms with Gasteiger partial charge in [-0.25, -0.2) is 0 Å². The fourth-order valence-electron chi connectivity index (χ4n) is 7.80. The van der Waals surface area contributed by atoms with Crippen LogP contribution in [0.5, 0.6) is 0 Å². The molecule has 2 aliphatic carbocycles. The van der Waals surface area contributed by atoms with E-state index in [0.717, 1.165) is 74.9 Å². The lowest BCUT2D eigenvalue weighted by Gasteiger charge is -2.36. The van der Waals surface area contributed by atoms with E-state index < -0.39 is 5.60 Å². The highest BCUT2D eigenvalue weighted by Crippen LogP contribution is 2.44. The van der Waals surface area contributed by atoms with E-state index in [1.807, 2.05) is 34.6 Å². The first-order valence-electron chi connectivity index (χ1n) is 15.6. The lowest BCUT2D eigenvalue weighted by Crippen LogP contribution is -2.34. The van der Waals surface area contributed by atoms with E-state index in [1.165, 1.54) is 29.2 Å². The molecular weight excluding hydrogens is 584 g/mol. The molecule has 2 aliphatic rings. The molecule has 0 aromatic heterocycles. The molecule has 47 heavy (non-hydrogen) atoms. The van der Waals surface area contributed by atoms with Crippen molar-refractivity contribution in [3.63, 3.8) is 0 Å². The topological polar surface area (TPSA) is 98.4 Å². The summed E-state index contributed by atoms with van der Waals surface area (Å²) < 4.78 is 5.75. The summed E-state index contributed by atoms with van der Waals surface area (Å²) in [6, 6.07) is 0. The molecule has 0 radical (unpaired) electrons. The number of hydrogen-bond acceptors (Lipinski definition) is 5. The average molecular weight is 644 g/mol. The molecule has 6 heteroatoms. The number of fused-ring (bicyclic) bond motifs is 2. The summed E-state index contributed by atoms with van der Waals surface area (Å²) in [6.45, 7) is 23.5. The largest absolute Gasteiger partial charge is 0.455 e. The van der Waals surface area contributed by atoms with Crippen molar-refractivity contribution >= 4 is 34.4 Å². The van der Waals surface area contributed by atoms with E-state index in [-0.39, 0.29) is 39.8 Å². The molecule has 0 saturated carbocycles. The fraction of sp³-hybridized carbons (Fsp3) is 0.512. The summed E-state index contributed by atoms with van der Waals surface area (Å²) in [4.78, 5) is 42.0. The fourth-order valence-corrected chi connectivity index (χ4v) is 7.80. The maximum Gasteiger partial charge on any atom is 0.346 e. The number of allylic oxidation sites excluding steroid dienone is 3. The number of ketones is 2. The Bertz CT molecular complexity index is 1780. The maximum atomic E-state index is 13.3. The molecule has 0 spiro atoms. The molecule has 0 heterocycles. The smallest absolute Gasteiger partial charge is 0.346 e. The van der Waals surface area contributed by atoms with Crippen molar-refractivity contribution < 1.29 is 23.9 Å². The lowest BCUT2D eigenvalue weighted by molar-refractivity contribution is -0.149. The van der Waals surface area contributed by atoms with Gasteiger partial charge in [-0.1, -0.05) is 22.3 Å². The molecule has 6 nitrogen and oxygen atoms in total. The van der Waals surface area contributed by atoms with Crippen LogP contribution >= 0.6 is 0 Å². The monoisotopic (exact) mass is 643 g/mol. The third-order valence-electron chi connectivity index (χ3n) is 10.3. The van der Waals surface area contributed by atoms with Crippen LogP contribution in [0, 0.1) is 47.1 Å². The van der Waals surface area contributed by atoms with Crippen LogP contribution in [-0.4, -0.2) is 33.6 Å². The van der Waals surface area contributed by atoms with E-state index >= 15 is 0 Å². The van der Waals surface area contributed by atoms with Gasteiger partial charge in [-0.2, -0.15) is 0 Å². The van der Waals surface area contributed by atoms with Gasteiger partial charge < -0.3 is 4.74 Å².